The minimum Gasteiger partial charge on any atom is -0.493 e. The monoisotopic (exact) mass is 541 g/mol. The third kappa shape index (κ3) is 5.50. The number of rotatable bonds is 10. The van der Waals surface area contributed by atoms with Gasteiger partial charge in [-0.15, -0.1) is 5.10 Å². The Morgan fingerprint density at radius 2 is 1.75 bits per heavy atom. The van der Waals surface area contributed by atoms with Crippen LogP contribution in [-0.4, -0.2) is 47.1 Å². The number of carbonyl (C=O) groups excluding carboxylic acids is 2. The summed E-state index contributed by atoms with van der Waals surface area (Å²) in [6.45, 7) is 1.97. The average molecular weight is 542 g/mol. The zero-order chi connectivity index (χ0) is 28.1. The van der Waals surface area contributed by atoms with E-state index in [1.807, 2.05) is 54.6 Å². The molecule has 1 aliphatic carbocycles. The van der Waals surface area contributed by atoms with Crippen molar-refractivity contribution >= 4 is 28.5 Å². The van der Waals surface area contributed by atoms with Crippen LogP contribution >= 0.6 is 0 Å². The Morgan fingerprint density at radius 3 is 2.45 bits per heavy atom. The number of hydrogen-bond donors (Lipinski definition) is 1. The Morgan fingerprint density at radius 1 is 1.00 bits per heavy atom. The summed E-state index contributed by atoms with van der Waals surface area (Å²) in [7, 11) is 3.09. The van der Waals surface area contributed by atoms with Crippen molar-refractivity contribution in [2.24, 2.45) is 0 Å². The number of nitrogens with zero attached hydrogens (tertiary/aromatic N) is 4. The van der Waals surface area contributed by atoms with Crippen LogP contribution in [0.4, 0.5) is 5.69 Å². The van der Waals surface area contributed by atoms with Crippen LogP contribution in [0.2, 0.25) is 0 Å². The lowest BCUT2D eigenvalue weighted by Gasteiger charge is -2.33. The first kappa shape index (κ1) is 27.2. The van der Waals surface area contributed by atoms with E-state index in [2.05, 4.69) is 22.6 Å². The molecule has 1 aliphatic rings. The summed E-state index contributed by atoms with van der Waals surface area (Å²) in [6.07, 6.45) is 4.82. The number of benzene rings is 3. The molecule has 0 saturated heterocycles. The van der Waals surface area contributed by atoms with Gasteiger partial charge in [0.1, 0.15) is 18.1 Å². The number of hydrogen-bond acceptors (Lipinski definition) is 6. The Hall–Kier alpha value is -4.40. The third-order valence-corrected chi connectivity index (χ3v) is 7.53. The van der Waals surface area contributed by atoms with Crippen LogP contribution in [0.15, 0.2) is 66.7 Å². The smallest absolute Gasteiger partial charge is 0.249 e. The van der Waals surface area contributed by atoms with Gasteiger partial charge in [0.25, 0.3) is 0 Å². The van der Waals surface area contributed by atoms with Crippen LogP contribution in [0.3, 0.4) is 0 Å². The van der Waals surface area contributed by atoms with Gasteiger partial charge in [-0.05, 0) is 55.2 Å². The number of para-hydroxylation sites is 2. The van der Waals surface area contributed by atoms with Crippen LogP contribution in [-0.2, 0) is 22.6 Å². The molecule has 0 aliphatic heterocycles. The Kier molecular flexibility index (Phi) is 8.28. The Balaban J connectivity index is 1.63. The number of fused-ring (bicyclic) bond motifs is 1. The van der Waals surface area contributed by atoms with Crippen LogP contribution in [0, 0.1) is 0 Å². The van der Waals surface area contributed by atoms with Crippen LogP contribution in [0.1, 0.15) is 49.8 Å². The van der Waals surface area contributed by atoms with E-state index in [4.69, 9.17) is 9.47 Å². The first-order valence-corrected chi connectivity index (χ1v) is 13.7. The second kappa shape index (κ2) is 12.2. The van der Waals surface area contributed by atoms with E-state index in [1.54, 1.807) is 28.8 Å². The quantitative estimate of drug-likeness (QED) is 0.308. The SMILES string of the molecule is CCc1ccc(N(C(=O)Cn2nnc3ccccc32)C(C(=O)NC2CCCC2)c2cccc(OC)c2OC)cc1. The Bertz CT molecular complexity index is 1480. The van der Waals surface area contributed by atoms with Gasteiger partial charge in [0.05, 0.1) is 19.7 Å². The number of amides is 2. The van der Waals surface area contributed by atoms with Gasteiger partial charge in [0, 0.05) is 17.3 Å². The molecular weight excluding hydrogens is 506 g/mol. The van der Waals surface area contributed by atoms with Crippen molar-refractivity contribution in [3.8, 4) is 11.5 Å². The van der Waals surface area contributed by atoms with Crippen molar-refractivity contribution in [3.05, 3.63) is 77.9 Å². The summed E-state index contributed by atoms with van der Waals surface area (Å²) < 4.78 is 12.9. The zero-order valence-electron chi connectivity index (χ0n) is 23.2. The molecule has 1 heterocycles. The largest absolute Gasteiger partial charge is 0.493 e. The van der Waals surface area contributed by atoms with E-state index >= 15 is 0 Å². The summed E-state index contributed by atoms with van der Waals surface area (Å²) in [4.78, 5) is 30.0. The molecule has 3 aromatic carbocycles. The van der Waals surface area contributed by atoms with E-state index in [9.17, 15) is 9.59 Å². The fourth-order valence-corrected chi connectivity index (χ4v) is 5.44. The lowest BCUT2D eigenvalue weighted by atomic mass is 10.00. The number of anilines is 1. The molecule has 1 unspecified atom stereocenters. The fourth-order valence-electron chi connectivity index (χ4n) is 5.44. The predicted molar refractivity (Wildman–Crippen MR) is 154 cm³/mol. The lowest BCUT2D eigenvalue weighted by molar-refractivity contribution is -0.127. The molecule has 4 aromatic rings. The third-order valence-electron chi connectivity index (χ3n) is 7.53. The highest BCUT2D eigenvalue weighted by Gasteiger charge is 2.37. The number of aryl methyl sites for hydroxylation is 1. The van der Waals surface area contributed by atoms with Gasteiger partial charge in [-0.2, -0.15) is 0 Å². The summed E-state index contributed by atoms with van der Waals surface area (Å²) in [6, 6.07) is 19.7. The van der Waals surface area contributed by atoms with Gasteiger partial charge >= 0.3 is 0 Å². The molecule has 1 fully saturated rings. The summed E-state index contributed by atoms with van der Waals surface area (Å²) in [5, 5.41) is 11.7. The number of aromatic nitrogens is 3. The molecule has 5 rings (SSSR count). The maximum absolute atomic E-state index is 14.3. The van der Waals surface area contributed by atoms with Gasteiger partial charge < -0.3 is 14.8 Å². The molecule has 40 heavy (non-hydrogen) atoms. The van der Waals surface area contributed by atoms with Gasteiger partial charge in [0.2, 0.25) is 11.8 Å². The molecule has 0 bridgehead atoms. The van der Waals surface area contributed by atoms with E-state index < -0.39 is 6.04 Å². The number of methoxy groups -OCH3 is 2. The lowest BCUT2D eigenvalue weighted by Crippen LogP contribution is -2.47. The molecule has 0 radical (unpaired) electrons. The molecular formula is C31H35N5O4. The highest BCUT2D eigenvalue weighted by atomic mass is 16.5. The highest BCUT2D eigenvalue weighted by Crippen LogP contribution is 2.39. The molecule has 1 aromatic heterocycles. The van der Waals surface area contributed by atoms with Crippen molar-refractivity contribution < 1.29 is 19.1 Å². The molecule has 9 nitrogen and oxygen atoms in total. The predicted octanol–water partition coefficient (Wildman–Crippen LogP) is 4.84. The maximum atomic E-state index is 14.3. The van der Waals surface area contributed by atoms with E-state index in [1.165, 1.54) is 7.11 Å². The molecule has 208 valence electrons. The van der Waals surface area contributed by atoms with Crippen LogP contribution < -0.4 is 19.7 Å². The topological polar surface area (TPSA) is 98.6 Å². The van der Waals surface area contributed by atoms with Crippen molar-refractivity contribution in [2.45, 2.75) is 57.7 Å². The van der Waals surface area contributed by atoms with Crippen molar-refractivity contribution in [1.82, 2.24) is 20.3 Å². The second-order valence-electron chi connectivity index (χ2n) is 9.99. The zero-order valence-corrected chi connectivity index (χ0v) is 23.2. The van der Waals surface area contributed by atoms with Gasteiger partial charge in [-0.1, -0.05) is 61.4 Å². The van der Waals surface area contributed by atoms with Crippen molar-refractivity contribution in [3.63, 3.8) is 0 Å². The number of nitrogens with one attached hydrogen (secondary N) is 1. The van der Waals surface area contributed by atoms with E-state index in [-0.39, 0.29) is 24.4 Å². The molecule has 9 heteroatoms. The van der Waals surface area contributed by atoms with Gasteiger partial charge in [0.15, 0.2) is 11.5 Å². The normalized spacial score (nSPS) is 14.2. The number of carbonyl (C=O) groups is 2. The summed E-state index contributed by atoms with van der Waals surface area (Å²) >= 11 is 0. The summed E-state index contributed by atoms with van der Waals surface area (Å²) in [5.41, 5.74) is 3.70. The number of ether oxygens (including phenoxy) is 2. The van der Waals surface area contributed by atoms with E-state index in [0.717, 1.165) is 43.2 Å². The molecule has 0 spiro atoms. The standard InChI is InChI=1S/C31H35N5O4/c1-4-21-16-18-23(19-17-21)36(28(37)20-35-26-14-8-7-13-25(26)33-34-35)29(31(38)32-22-10-5-6-11-22)24-12-9-15-27(39-2)30(24)40-3/h7-9,12-19,22,29H,4-6,10-11,20H2,1-3H3,(H,32,38). The minimum atomic E-state index is -1.01. The van der Waals surface area contributed by atoms with Gasteiger partial charge in [-0.3, -0.25) is 14.5 Å². The molecule has 1 saturated carbocycles. The highest BCUT2D eigenvalue weighted by molar-refractivity contribution is 6.02. The first-order chi connectivity index (χ1) is 19.5. The average Bonchev–Trinajstić information content (AvgIpc) is 3.65. The molecule has 1 N–H and O–H groups in total. The fraction of sp³-hybridized carbons (Fsp3) is 0.355. The second-order valence-corrected chi connectivity index (χ2v) is 9.99. The maximum Gasteiger partial charge on any atom is 0.249 e. The van der Waals surface area contributed by atoms with E-state index in [0.29, 0.717) is 28.3 Å². The first-order valence-electron chi connectivity index (χ1n) is 13.7. The molecule has 2 amide bonds. The summed E-state index contributed by atoms with van der Waals surface area (Å²) in [5.74, 6) is 0.312. The van der Waals surface area contributed by atoms with Crippen LogP contribution in [0.25, 0.3) is 11.0 Å². The van der Waals surface area contributed by atoms with Crippen LogP contribution in [0.5, 0.6) is 11.5 Å². The van der Waals surface area contributed by atoms with Crippen molar-refractivity contribution in [1.29, 1.82) is 0 Å². The minimum absolute atomic E-state index is 0.0604. The Labute approximate surface area is 234 Å². The van der Waals surface area contributed by atoms with Crippen molar-refractivity contribution in [2.75, 3.05) is 19.1 Å². The molecule has 1 atom stereocenters. The van der Waals surface area contributed by atoms with Gasteiger partial charge in [-0.25, -0.2) is 4.68 Å².